The first-order chi connectivity index (χ1) is 11.5. The molecule has 5 nitrogen and oxygen atoms in total. The highest BCUT2D eigenvalue weighted by Crippen LogP contribution is 2.26. The maximum absolute atomic E-state index is 12.4. The molecule has 1 heterocycles. The molecule has 1 N–H and O–H groups in total. The molecule has 126 valence electrons. The number of hydrogen-bond acceptors (Lipinski definition) is 3. The number of aromatic nitrogens is 1. The van der Waals surface area contributed by atoms with Crippen molar-refractivity contribution in [3.8, 4) is 5.75 Å². The monoisotopic (exact) mass is 326 g/mol. The number of ketones is 1. The van der Waals surface area contributed by atoms with Crippen molar-refractivity contribution in [3.63, 3.8) is 0 Å². The van der Waals surface area contributed by atoms with Crippen molar-refractivity contribution in [1.29, 1.82) is 0 Å². The van der Waals surface area contributed by atoms with Crippen LogP contribution in [0.4, 0.5) is 5.69 Å². The first-order valence-electron chi connectivity index (χ1n) is 8.28. The second kappa shape index (κ2) is 6.91. The molecule has 1 amide bonds. The zero-order chi connectivity index (χ0) is 17.1. The number of rotatable bonds is 5. The molecule has 1 aliphatic carbocycles. The van der Waals surface area contributed by atoms with Crippen LogP contribution in [0.25, 0.3) is 0 Å². The number of benzene rings is 1. The quantitative estimate of drug-likeness (QED) is 0.850. The van der Waals surface area contributed by atoms with Crippen LogP contribution in [-0.2, 0) is 7.05 Å². The van der Waals surface area contributed by atoms with Crippen LogP contribution in [0.2, 0.25) is 0 Å². The van der Waals surface area contributed by atoms with E-state index in [0.29, 0.717) is 16.9 Å². The molecule has 3 rings (SSSR count). The lowest BCUT2D eigenvalue weighted by Crippen LogP contribution is -2.15. The van der Waals surface area contributed by atoms with E-state index in [1.54, 1.807) is 23.9 Å². The molecule has 0 unspecified atom stereocenters. The van der Waals surface area contributed by atoms with E-state index in [4.69, 9.17) is 4.74 Å². The van der Waals surface area contributed by atoms with Crippen LogP contribution < -0.4 is 10.1 Å². The Morgan fingerprint density at radius 2 is 1.96 bits per heavy atom. The lowest BCUT2D eigenvalue weighted by molar-refractivity contribution is 0.101. The van der Waals surface area contributed by atoms with Crippen molar-refractivity contribution in [2.75, 3.05) is 5.32 Å². The second-order valence-electron chi connectivity index (χ2n) is 6.29. The number of amides is 1. The second-order valence-corrected chi connectivity index (χ2v) is 6.29. The molecule has 0 aliphatic heterocycles. The molecule has 0 saturated heterocycles. The van der Waals surface area contributed by atoms with Crippen molar-refractivity contribution in [3.05, 3.63) is 47.8 Å². The third-order valence-corrected chi connectivity index (χ3v) is 4.34. The summed E-state index contributed by atoms with van der Waals surface area (Å²) in [5.74, 6) is 0.468. The number of nitrogens with zero attached hydrogens (tertiary/aromatic N) is 1. The van der Waals surface area contributed by atoms with Gasteiger partial charge in [-0.15, -0.1) is 0 Å². The van der Waals surface area contributed by atoms with Crippen LogP contribution in [0.15, 0.2) is 36.5 Å². The predicted octanol–water partition coefficient (Wildman–Crippen LogP) is 3.80. The maximum Gasteiger partial charge on any atom is 0.272 e. The standard InChI is InChI=1S/C19H22N2O3/c1-13(22)14-10-18(21(2)12-14)19(23)20-15-6-5-9-17(11-15)24-16-7-3-4-8-16/h5-6,9-12,16H,3-4,7-8H2,1-2H3,(H,20,23). The average Bonchev–Trinajstić information content (AvgIpc) is 3.17. The highest BCUT2D eigenvalue weighted by Gasteiger charge is 2.17. The largest absolute Gasteiger partial charge is 0.490 e. The van der Waals surface area contributed by atoms with Crippen LogP contribution in [-0.4, -0.2) is 22.4 Å². The Bertz CT molecular complexity index is 758. The zero-order valence-electron chi connectivity index (χ0n) is 14.0. The van der Waals surface area contributed by atoms with E-state index >= 15 is 0 Å². The van der Waals surface area contributed by atoms with Gasteiger partial charge in [0, 0.05) is 30.6 Å². The summed E-state index contributed by atoms with van der Waals surface area (Å²) in [4.78, 5) is 23.9. The summed E-state index contributed by atoms with van der Waals surface area (Å²) < 4.78 is 7.62. The van der Waals surface area contributed by atoms with Gasteiger partial charge in [-0.25, -0.2) is 0 Å². The molecule has 1 aromatic carbocycles. The van der Waals surface area contributed by atoms with Crippen LogP contribution in [0, 0.1) is 0 Å². The Balaban J connectivity index is 1.71. The van der Waals surface area contributed by atoms with E-state index in [2.05, 4.69) is 5.32 Å². The Hall–Kier alpha value is -2.56. The van der Waals surface area contributed by atoms with Gasteiger partial charge < -0.3 is 14.6 Å². The number of hydrogen-bond donors (Lipinski definition) is 1. The van der Waals surface area contributed by atoms with Gasteiger partial charge in [0.2, 0.25) is 0 Å². The number of aryl methyl sites for hydroxylation is 1. The summed E-state index contributed by atoms with van der Waals surface area (Å²) in [6, 6.07) is 9.05. The average molecular weight is 326 g/mol. The minimum absolute atomic E-state index is 0.0587. The fraction of sp³-hybridized carbons (Fsp3) is 0.368. The fourth-order valence-corrected chi connectivity index (χ4v) is 3.02. The molecular formula is C19H22N2O3. The normalized spacial score (nSPS) is 14.6. The first kappa shape index (κ1) is 16.3. The van der Waals surface area contributed by atoms with Gasteiger partial charge in [-0.2, -0.15) is 0 Å². The molecule has 5 heteroatoms. The van der Waals surface area contributed by atoms with E-state index in [-0.39, 0.29) is 17.8 Å². The minimum Gasteiger partial charge on any atom is -0.490 e. The van der Waals surface area contributed by atoms with Gasteiger partial charge in [-0.3, -0.25) is 9.59 Å². The lowest BCUT2D eigenvalue weighted by atomic mass is 10.2. The Morgan fingerprint density at radius 1 is 1.21 bits per heavy atom. The number of nitrogens with one attached hydrogen (secondary N) is 1. The SMILES string of the molecule is CC(=O)c1cc(C(=O)Nc2cccc(OC3CCCC3)c2)n(C)c1. The van der Waals surface area contributed by atoms with Gasteiger partial charge in [0.15, 0.2) is 5.78 Å². The molecule has 1 saturated carbocycles. The van der Waals surface area contributed by atoms with Crippen molar-refractivity contribution in [1.82, 2.24) is 4.57 Å². The molecule has 0 radical (unpaired) electrons. The van der Waals surface area contributed by atoms with Gasteiger partial charge in [0.25, 0.3) is 5.91 Å². The van der Waals surface area contributed by atoms with E-state index in [9.17, 15) is 9.59 Å². The Morgan fingerprint density at radius 3 is 2.62 bits per heavy atom. The van der Waals surface area contributed by atoms with Crippen LogP contribution in [0.3, 0.4) is 0 Å². The number of carbonyl (C=O) groups is 2. The Kier molecular flexibility index (Phi) is 4.69. The van der Waals surface area contributed by atoms with Crippen molar-refractivity contribution < 1.29 is 14.3 Å². The van der Waals surface area contributed by atoms with E-state index < -0.39 is 0 Å². The van der Waals surface area contributed by atoms with Crippen LogP contribution in [0.1, 0.15) is 53.5 Å². The van der Waals surface area contributed by atoms with Gasteiger partial charge >= 0.3 is 0 Å². The summed E-state index contributed by atoms with van der Waals surface area (Å²) in [5.41, 5.74) is 1.66. The summed E-state index contributed by atoms with van der Waals surface area (Å²) in [6.45, 7) is 1.49. The third kappa shape index (κ3) is 3.67. The molecule has 2 aromatic rings. The number of ether oxygens (including phenoxy) is 1. The van der Waals surface area contributed by atoms with Crippen molar-refractivity contribution in [2.45, 2.75) is 38.7 Å². The van der Waals surface area contributed by atoms with E-state index in [0.717, 1.165) is 18.6 Å². The summed E-state index contributed by atoms with van der Waals surface area (Å²) >= 11 is 0. The van der Waals surface area contributed by atoms with Crippen LogP contribution in [0.5, 0.6) is 5.75 Å². The molecule has 1 fully saturated rings. The summed E-state index contributed by atoms with van der Waals surface area (Å²) in [5, 5.41) is 2.87. The van der Waals surface area contributed by atoms with Gasteiger partial charge in [0.1, 0.15) is 11.4 Å². The number of carbonyl (C=O) groups excluding carboxylic acids is 2. The zero-order valence-corrected chi connectivity index (χ0v) is 14.0. The first-order valence-corrected chi connectivity index (χ1v) is 8.28. The summed E-state index contributed by atoms with van der Waals surface area (Å²) in [7, 11) is 1.75. The van der Waals surface area contributed by atoms with Crippen molar-refractivity contribution >= 4 is 17.4 Å². The third-order valence-electron chi connectivity index (χ3n) is 4.34. The molecular weight excluding hydrogens is 304 g/mol. The molecule has 24 heavy (non-hydrogen) atoms. The van der Waals surface area contributed by atoms with Gasteiger partial charge in [-0.05, 0) is 50.8 Å². The molecule has 0 bridgehead atoms. The number of Topliss-reactive ketones (excluding diaryl/α,β-unsaturated/α-hetero) is 1. The van der Waals surface area contributed by atoms with E-state index in [1.807, 2.05) is 24.3 Å². The van der Waals surface area contributed by atoms with Gasteiger partial charge in [0.05, 0.1) is 6.10 Å². The minimum atomic E-state index is -0.247. The molecule has 0 spiro atoms. The molecule has 0 atom stereocenters. The predicted molar refractivity (Wildman–Crippen MR) is 92.7 cm³/mol. The smallest absolute Gasteiger partial charge is 0.272 e. The highest BCUT2D eigenvalue weighted by atomic mass is 16.5. The number of anilines is 1. The topological polar surface area (TPSA) is 60.3 Å². The Labute approximate surface area is 141 Å². The van der Waals surface area contributed by atoms with Crippen LogP contribution >= 0.6 is 0 Å². The summed E-state index contributed by atoms with van der Waals surface area (Å²) in [6.07, 6.45) is 6.56. The highest BCUT2D eigenvalue weighted by molar-refractivity contribution is 6.05. The molecule has 1 aliphatic rings. The maximum atomic E-state index is 12.4. The lowest BCUT2D eigenvalue weighted by Gasteiger charge is -2.14. The fourth-order valence-electron chi connectivity index (χ4n) is 3.02. The van der Waals surface area contributed by atoms with Crippen molar-refractivity contribution in [2.24, 2.45) is 7.05 Å². The van der Waals surface area contributed by atoms with E-state index in [1.165, 1.54) is 19.8 Å². The van der Waals surface area contributed by atoms with Gasteiger partial charge in [-0.1, -0.05) is 6.07 Å². The molecule has 1 aromatic heterocycles.